The van der Waals surface area contributed by atoms with Gasteiger partial charge in [-0.25, -0.2) is 4.98 Å². The van der Waals surface area contributed by atoms with E-state index in [1.54, 1.807) is 13.3 Å². The van der Waals surface area contributed by atoms with Gasteiger partial charge in [0.2, 0.25) is 5.95 Å². The summed E-state index contributed by atoms with van der Waals surface area (Å²) in [6, 6.07) is 2.12. The minimum atomic E-state index is 0.116. The van der Waals surface area contributed by atoms with E-state index in [4.69, 9.17) is 10.5 Å². The average molecular weight is 329 g/mol. The molecule has 4 rings (SSSR count). The second-order valence-corrected chi connectivity index (χ2v) is 6.38. The molecule has 2 aromatic heterocycles. The summed E-state index contributed by atoms with van der Waals surface area (Å²) in [6.07, 6.45) is 6.12. The second-order valence-electron chi connectivity index (χ2n) is 6.38. The number of nitrogens with two attached hydrogens (primary N) is 1. The van der Waals surface area contributed by atoms with Crippen LogP contribution in [0.4, 0.5) is 11.8 Å². The highest BCUT2D eigenvalue weighted by atomic mass is 16.5. The SMILES string of the molecule is CO[C@@H]1CN(c2ccnc(N)n2)C[C@@H]1NCc1cnn2c1CCC2. The third-order valence-corrected chi connectivity index (χ3v) is 4.93. The Morgan fingerprint density at radius 1 is 1.42 bits per heavy atom. The van der Waals surface area contributed by atoms with Crippen LogP contribution >= 0.6 is 0 Å². The first-order valence-electron chi connectivity index (χ1n) is 8.38. The molecule has 0 aromatic carbocycles. The highest BCUT2D eigenvalue weighted by Gasteiger charge is 2.33. The van der Waals surface area contributed by atoms with Gasteiger partial charge >= 0.3 is 0 Å². The highest BCUT2D eigenvalue weighted by Crippen LogP contribution is 2.22. The van der Waals surface area contributed by atoms with Gasteiger partial charge < -0.3 is 20.7 Å². The number of hydrogen-bond acceptors (Lipinski definition) is 7. The first-order valence-corrected chi connectivity index (χ1v) is 8.38. The number of methoxy groups -OCH3 is 1. The zero-order chi connectivity index (χ0) is 16.5. The Hall–Kier alpha value is -2.19. The molecule has 0 bridgehead atoms. The first kappa shape index (κ1) is 15.3. The third-order valence-electron chi connectivity index (χ3n) is 4.93. The summed E-state index contributed by atoms with van der Waals surface area (Å²) < 4.78 is 7.79. The van der Waals surface area contributed by atoms with Gasteiger partial charge in [0.05, 0.1) is 18.3 Å². The molecular formula is C16H23N7O. The molecule has 2 aliphatic heterocycles. The van der Waals surface area contributed by atoms with Crippen LogP contribution in [-0.2, 0) is 24.2 Å². The van der Waals surface area contributed by atoms with Crippen LogP contribution in [0.15, 0.2) is 18.5 Å². The van der Waals surface area contributed by atoms with Crippen LogP contribution in [0.25, 0.3) is 0 Å². The van der Waals surface area contributed by atoms with Gasteiger partial charge in [-0.2, -0.15) is 10.1 Å². The molecule has 2 atom stereocenters. The van der Waals surface area contributed by atoms with Gasteiger partial charge in [-0.05, 0) is 18.9 Å². The molecule has 2 aliphatic rings. The first-order chi connectivity index (χ1) is 11.7. The molecular weight excluding hydrogens is 306 g/mol. The van der Waals surface area contributed by atoms with Crippen molar-refractivity contribution < 1.29 is 4.74 Å². The normalized spacial score (nSPS) is 23.0. The monoisotopic (exact) mass is 329 g/mol. The minimum Gasteiger partial charge on any atom is -0.378 e. The molecule has 0 spiro atoms. The van der Waals surface area contributed by atoms with Crippen molar-refractivity contribution in [2.75, 3.05) is 30.8 Å². The number of aromatic nitrogens is 4. The summed E-state index contributed by atoms with van der Waals surface area (Å²) in [5.41, 5.74) is 8.37. The van der Waals surface area contributed by atoms with E-state index < -0.39 is 0 Å². The number of nitrogen functional groups attached to an aromatic ring is 1. The maximum Gasteiger partial charge on any atom is 0.221 e. The van der Waals surface area contributed by atoms with E-state index in [1.165, 1.54) is 17.7 Å². The Morgan fingerprint density at radius 3 is 3.17 bits per heavy atom. The van der Waals surface area contributed by atoms with Crippen LogP contribution in [0, 0.1) is 0 Å². The lowest BCUT2D eigenvalue weighted by Crippen LogP contribution is -2.39. The van der Waals surface area contributed by atoms with Gasteiger partial charge in [0.1, 0.15) is 5.82 Å². The van der Waals surface area contributed by atoms with Gasteiger partial charge in [-0.1, -0.05) is 0 Å². The van der Waals surface area contributed by atoms with Crippen LogP contribution in [0.5, 0.6) is 0 Å². The molecule has 4 heterocycles. The van der Waals surface area contributed by atoms with Crippen LogP contribution in [0.2, 0.25) is 0 Å². The van der Waals surface area contributed by atoms with Gasteiger partial charge in [-0.3, -0.25) is 4.68 Å². The topological polar surface area (TPSA) is 94.1 Å². The number of nitrogens with zero attached hydrogens (tertiary/aromatic N) is 5. The summed E-state index contributed by atoms with van der Waals surface area (Å²) >= 11 is 0. The Kier molecular flexibility index (Phi) is 4.07. The number of nitrogens with one attached hydrogen (secondary N) is 1. The molecule has 2 aromatic rings. The lowest BCUT2D eigenvalue weighted by Gasteiger charge is -2.18. The summed E-state index contributed by atoms with van der Waals surface area (Å²) in [6.45, 7) is 3.48. The van der Waals surface area contributed by atoms with Crippen molar-refractivity contribution in [2.24, 2.45) is 0 Å². The number of rotatable bonds is 5. The molecule has 0 unspecified atom stereocenters. The van der Waals surface area contributed by atoms with Crippen LogP contribution in [-0.4, -0.2) is 52.1 Å². The van der Waals surface area contributed by atoms with Crippen molar-refractivity contribution in [2.45, 2.75) is 38.1 Å². The number of hydrogen-bond donors (Lipinski definition) is 2. The summed E-state index contributed by atoms with van der Waals surface area (Å²) in [7, 11) is 1.76. The minimum absolute atomic E-state index is 0.116. The molecule has 128 valence electrons. The predicted octanol–water partition coefficient (Wildman–Crippen LogP) is 0.195. The molecule has 1 fully saturated rings. The van der Waals surface area contributed by atoms with Crippen molar-refractivity contribution in [3.63, 3.8) is 0 Å². The molecule has 8 nitrogen and oxygen atoms in total. The van der Waals surface area contributed by atoms with Gasteiger partial charge in [0.25, 0.3) is 0 Å². The zero-order valence-corrected chi connectivity index (χ0v) is 13.9. The number of fused-ring (bicyclic) bond motifs is 1. The second kappa shape index (κ2) is 6.37. The van der Waals surface area contributed by atoms with E-state index in [-0.39, 0.29) is 12.1 Å². The fourth-order valence-corrected chi connectivity index (χ4v) is 3.65. The predicted molar refractivity (Wildman–Crippen MR) is 90.6 cm³/mol. The molecule has 0 radical (unpaired) electrons. The number of anilines is 2. The Morgan fingerprint density at radius 2 is 2.33 bits per heavy atom. The van der Waals surface area contributed by atoms with Crippen molar-refractivity contribution >= 4 is 11.8 Å². The van der Waals surface area contributed by atoms with Crippen molar-refractivity contribution in [1.29, 1.82) is 0 Å². The van der Waals surface area contributed by atoms with E-state index in [9.17, 15) is 0 Å². The Bertz CT molecular complexity index is 716. The molecule has 0 amide bonds. The molecule has 8 heteroatoms. The van der Waals surface area contributed by atoms with Crippen LogP contribution in [0.3, 0.4) is 0 Å². The smallest absolute Gasteiger partial charge is 0.221 e. The zero-order valence-electron chi connectivity index (χ0n) is 13.9. The Labute approximate surface area is 141 Å². The van der Waals surface area contributed by atoms with E-state index >= 15 is 0 Å². The summed E-state index contributed by atoms with van der Waals surface area (Å²) in [5.74, 6) is 1.15. The molecule has 3 N–H and O–H groups in total. The molecule has 0 saturated carbocycles. The quantitative estimate of drug-likeness (QED) is 0.809. The maximum absolute atomic E-state index is 5.70. The lowest BCUT2D eigenvalue weighted by atomic mass is 10.1. The number of ether oxygens (including phenoxy) is 1. The fourth-order valence-electron chi connectivity index (χ4n) is 3.65. The van der Waals surface area contributed by atoms with Gasteiger partial charge in [-0.15, -0.1) is 0 Å². The summed E-state index contributed by atoms with van der Waals surface area (Å²) in [5, 5.41) is 8.09. The molecule has 0 aliphatic carbocycles. The standard InChI is InChI=1S/C16H23N7O/c1-24-14-10-22(15-4-5-18-16(17)21-15)9-12(14)19-7-11-8-20-23-6-2-3-13(11)23/h4-5,8,12,14,19H,2-3,6-7,9-10H2,1H3,(H2,17,18,21)/t12-,14+/m0/s1. The Balaban J connectivity index is 1.42. The maximum atomic E-state index is 5.70. The molecule has 24 heavy (non-hydrogen) atoms. The van der Waals surface area contributed by atoms with E-state index in [0.29, 0.717) is 5.95 Å². The van der Waals surface area contributed by atoms with Crippen LogP contribution < -0.4 is 16.0 Å². The van der Waals surface area contributed by atoms with Crippen LogP contribution in [0.1, 0.15) is 17.7 Å². The highest BCUT2D eigenvalue weighted by molar-refractivity contribution is 5.43. The summed E-state index contributed by atoms with van der Waals surface area (Å²) in [4.78, 5) is 10.5. The number of aryl methyl sites for hydroxylation is 1. The van der Waals surface area contributed by atoms with Gasteiger partial charge in [0.15, 0.2) is 0 Å². The van der Waals surface area contributed by atoms with E-state index in [0.717, 1.165) is 38.4 Å². The molecule has 1 saturated heterocycles. The average Bonchev–Trinajstić information content (AvgIpc) is 3.28. The third kappa shape index (κ3) is 2.83. The van der Waals surface area contributed by atoms with E-state index in [2.05, 4.69) is 30.0 Å². The van der Waals surface area contributed by atoms with Crippen molar-refractivity contribution in [3.8, 4) is 0 Å². The fraction of sp³-hybridized carbons (Fsp3) is 0.562. The van der Waals surface area contributed by atoms with Crippen molar-refractivity contribution in [1.82, 2.24) is 25.1 Å². The largest absolute Gasteiger partial charge is 0.378 e. The lowest BCUT2D eigenvalue weighted by molar-refractivity contribution is 0.0966. The van der Waals surface area contributed by atoms with E-state index in [1.807, 2.05) is 12.3 Å². The van der Waals surface area contributed by atoms with Gasteiger partial charge in [0, 0.05) is 50.7 Å². The van der Waals surface area contributed by atoms with Crippen molar-refractivity contribution in [3.05, 3.63) is 29.7 Å².